The normalized spacial score (nSPS) is 24.5. The molecule has 2 heteroatoms. The Labute approximate surface area is 62.0 Å². The van der Waals surface area contributed by atoms with Crippen molar-refractivity contribution in [2.75, 3.05) is 6.54 Å². The summed E-state index contributed by atoms with van der Waals surface area (Å²) in [7, 11) is 0. The van der Waals surface area contributed by atoms with Crippen LogP contribution in [0, 0.1) is 5.92 Å². The highest BCUT2D eigenvalue weighted by molar-refractivity contribution is 5.80. The van der Waals surface area contributed by atoms with Crippen LogP contribution in [0.5, 0.6) is 0 Å². The van der Waals surface area contributed by atoms with Crippen LogP contribution in [-0.2, 0) is 4.79 Å². The van der Waals surface area contributed by atoms with Gasteiger partial charge in [-0.3, -0.25) is 4.79 Å². The number of Topliss-reactive ketones (excluding diaryl/α,β-unsaturated/α-hetero) is 1. The van der Waals surface area contributed by atoms with Gasteiger partial charge in [-0.15, -0.1) is 0 Å². The third-order valence-electron chi connectivity index (χ3n) is 2.02. The van der Waals surface area contributed by atoms with Gasteiger partial charge in [0.05, 0.1) is 0 Å². The summed E-state index contributed by atoms with van der Waals surface area (Å²) in [5.74, 6) is 0.597. The number of nitrogens with one attached hydrogen (secondary N) is 1. The van der Waals surface area contributed by atoms with Crippen molar-refractivity contribution in [1.29, 1.82) is 0 Å². The lowest BCUT2D eigenvalue weighted by Gasteiger charge is -2.27. The summed E-state index contributed by atoms with van der Waals surface area (Å²) in [4.78, 5) is 11.1. The fourth-order valence-electron chi connectivity index (χ4n) is 1.00. The molecule has 0 aliphatic carbocycles. The summed E-state index contributed by atoms with van der Waals surface area (Å²) in [5.41, 5.74) is 0. The Morgan fingerprint density at radius 3 is 2.60 bits per heavy atom. The molecule has 2 nitrogen and oxygen atoms in total. The van der Waals surface area contributed by atoms with Crippen molar-refractivity contribution in [3.8, 4) is 0 Å². The molecule has 1 N–H and O–H groups in total. The van der Waals surface area contributed by atoms with Crippen LogP contribution >= 0.6 is 0 Å². The minimum atomic E-state index is 0.211. The average molecular weight is 141 g/mol. The quantitative estimate of drug-likeness (QED) is 0.634. The summed E-state index contributed by atoms with van der Waals surface area (Å²) in [6.07, 6.45) is 1.91. The fourth-order valence-corrected chi connectivity index (χ4v) is 1.00. The van der Waals surface area contributed by atoms with E-state index in [1.54, 1.807) is 0 Å². The Bertz CT molecular complexity index is 127. The highest BCUT2D eigenvalue weighted by Gasteiger charge is 2.20. The molecule has 0 aromatic heterocycles. The van der Waals surface area contributed by atoms with E-state index < -0.39 is 0 Å². The van der Waals surface area contributed by atoms with Crippen LogP contribution in [0.4, 0.5) is 0 Å². The van der Waals surface area contributed by atoms with E-state index in [-0.39, 0.29) is 5.92 Å². The Balaban J connectivity index is 2.17. The second-order valence-electron chi connectivity index (χ2n) is 3.26. The smallest absolute Gasteiger partial charge is 0.136 e. The molecular weight excluding hydrogens is 126 g/mol. The van der Waals surface area contributed by atoms with Gasteiger partial charge in [0.25, 0.3) is 0 Å². The maximum Gasteiger partial charge on any atom is 0.136 e. The first-order valence-corrected chi connectivity index (χ1v) is 3.96. The van der Waals surface area contributed by atoms with Crippen LogP contribution in [0.15, 0.2) is 0 Å². The molecule has 1 unspecified atom stereocenters. The number of carbonyl (C=O) groups excluding carboxylic acids is 1. The zero-order valence-corrected chi connectivity index (χ0v) is 6.68. The first kappa shape index (κ1) is 7.73. The molecule has 0 aromatic carbocycles. The lowest BCUT2D eigenvalue weighted by molar-refractivity contribution is -0.122. The second kappa shape index (κ2) is 3.15. The van der Waals surface area contributed by atoms with Crippen LogP contribution < -0.4 is 5.32 Å². The van der Waals surface area contributed by atoms with Crippen LogP contribution in [0.2, 0.25) is 0 Å². The Morgan fingerprint density at radius 2 is 2.30 bits per heavy atom. The first-order valence-electron chi connectivity index (χ1n) is 3.96. The van der Waals surface area contributed by atoms with Gasteiger partial charge in [-0.1, -0.05) is 13.8 Å². The van der Waals surface area contributed by atoms with Gasteiger partial charge >= 0.3 is 0 Å². The second-order valence-corrected chi connectivity index (χ2v) is 3.26. The lowest BCUT2D eigenvalue weighted by Crippen LogP contribution is -2.44. The largest absolute Gasteiger partial charge is 0.313 e. The van der Waals surface area contributed by atoms with E-state index >= 15 is 0 Å². The van der Waals surface area contributed by atoms with Gasteiger partial charge in [-0.05, 0) is 13.0 Å². The van der Waals surface area contributed by atoms with Crippen molar-refractivity contribution in [2.45, 2.75) is 32.7 Å². The summed E-state index contributed by atoms with van der Waals surface area (Å²) in [6.45, 7) is 5.01. The molecule has 1 aliphatic rings. The topological polar surface area (TPSA) is 29.1 Å². The van der Waals surface area contributed by atoms with Crippen molar-refractivity contribution in [1.82, 2.24) is 5.32 Å². The van der Waals surface area contributed by atoms with Gasteiger partial charge in [0.1, 0.15) is 5.78 Å². The predicted molar refractivity (Wildman–Crippen MR) is 40.9 cm³/mol. The van der Waals surface area contributed by atoms with Crippen LogP contribution in [-0.4, -0.2) is 18.4 Å². The maximum atomic E-state index is 11.1. The van der Waals surface area contributed by atoms with Gasteiger partial charge in [0.2, 0.25) is 0 Å². The van der Waals surface area contributed by atoms with Crippen LogP contribution in [0.1, 0.15) is 26.7 Å². The van der Waals surface area contributed by atoms with Gasteiger partial charge in [0, 0.05) is 18.4 Å². The van der Waals surface area contributed by atoms with E-state index in [9.17, 15) is 4.79 Å². The lowest BCUT2D eigenvalue weighted by atomic mass is 9.96. The minimum Gasteiger partial charge on any atom is -0.313 e. The van der Waals surface area contributed by atoms with E-state index in [1.807, 2.05) is 13.8 Å². The SMILES string of the molecule is CC(C)C(=O)CC1CCN1. The predicted octanol–water partition coefficient (Wildman–Crippen LogP) is 0.964. The summed E-state index contributed by atoms with van der Waals surface area (Å²) >= 11 is 0. The van der Waals surface area contributed by atoms with E-state index in [4.69, 9.17) is 0 Å². The molecule has 0 spiro atoms. The number of ketones is 1. The van der Waals surface area contributed by atoms with Gasteiger partial charge in [-0.25, -0.2) is 0 Å². The molecule has 1 saturated heterocycles. The number of carbonyl (C=O) groups is 1. The third-order valence-corrected chi connectivity index (χ3v) is 2.02. The molecule has 0 bridgehead atoms. The van der Waals surface area contributed by atoms with E-state index in [0.717, 1.165) is 13.0 Å². The van der Waals surface area contributed by atoms with Gasteiger partial charge in [-0.2, -0.15) is 0 Å². The van der Waals surface area contributed by atoms with Crippen molar-refractivity contribution >= 4 is 5.78 Å². The van der Waals surface area contributed by atoms with Crippen molar-refractivity contribution in [3.05, 3.63) is 0 Å². The Hall–Kier alpha value is -0.370. The highest BCUT2D eigenvalue weighted by Crippen LogP contribution is 2.10. The molecule has 0 amide bonds. The molecule has 0 radical (unpaired) electrons. The molecule has 1 rings (SSSR count). The van der Waals surface area contributed by atoms with E-state index in [1.165, 1.54) is 6.42 Å². The monoisotopic (exact) mass is 141 g/mol. The summed E-state index contributed by atoms with van der Waals surface area (Å²) < 4.78 is 0. The van der Waals surface area contributed by atoms with E-state index in [0.29, 0.717) is 11.8 Å². The zero-order chi connectivity index (χ0) is 7.56. The van der Waals surface area contributed by atoms with Crippen LogP contribution in [0.25, 0.3) is 0 Å². The summed E-state index contributed by atoms with van der Waals surface area (Å²) in [5, 5.41) is 3.21. The third kappa shape index (κ3) is 1.81. The molecule has 1 heterocycles. The Kier molecular flexibility index (Phi) is 2.44. The fraction of sp³-hybridized carbons (Fsp3) is 0.875. The maximum absolute atomic E-state index is 11.1. The summed E-state index contributed by atoms with van der Waals surface area (Å²) in [6, 6.07) is 0.495. The average Bonchev–Trinajstić information content (AvgIpc) is 1.77. The molecule has 0 aromatic rings. The minimum absolute atomic E-state index is 0.211. The van der Waals surface area contributed by atoms with Crippen molar-refractivity contribution < 1.29 is 4.79 Å². The molecule has 1 fully saturated rings. The molecule has 0 saturated carbocycles. The van der Waals surface area contributed by atoms with Gasteiger partial charge in [0.15, 0.2) is 0 Å². The van der Waals surface area contributed by atoms with E-state index in [2.05, 4.69) is 5.32 Å². The van der Waals surface area contributed by atoms with Crippen LogP contribution in [0.3, 0.4) is 0 Å². The first-order chi connectivity index (χ1) is 4.70. The molecular formula is C8H15NO. The van der Waals surface area contributed by atoms with Crippen molar-refractivity contribution in [2.24, 2.45) is 5.92 Å². The standard InChI is InChI=1S/C8H15NO/c1-6(2)8(10)5-7-3-4-9-7/h6-7,9H,3-5H2,1-2H3. The van der Waals surface area contributed by atoms with Gasteiger partial charge < -0.3 is 5.32 Å². The number of rotatable bonds is 3. The highest BCUT2D eigenvalue weighted by atomic mass is 16.1. The molecule has 1 aliphatic heterocycles. The molecule has 1 atom stereocenters. The number of hydrogen-bond donors (Lipinski definition) is 1. The molecule has 58 valence electrons. The zero-order valence-electron chi connectivity index (χ0n) is 6.68. The Morgan fingerprint density at radius 1 is 1.70 bits per heavy atom. The van der Waals surface area contributed by atoms with Crippen molar-refractivity contribution in [3.63, 3.8) is 0 Å². The molecule has 10 heavy (non-hydrogen) atoms. The number of hydrogen-bond acceptors (Lipinski definition) is 2.